The SMILES string of the molecule is CC(C)(C)OC(=O)Nc1ccc2c(c1Cl)B(O)OC2.CCN(C(=O)OC(C)(C)C)c1ccc2c(c1Cl)B(O)OC2.CCNc1ccc2c(c1Cl)B(O)OC2. The molecule has 0 saturated heterocycles. The highest BCUT2D eigenvalue weighted by Crippen LogP contribution is 2.30. The summed E-state index contributed by atoms with van der Waals surface area (Å²) < 4.78 is 25.8. The number of ether oxygens (including phenoxy) is 2. The summed E-state index contributed by atoms with van der Waals surface area (Å²) in [5.74, 6) is 0. The monoisotopic (exact) mass is 805 g/mol. The summed E-state index contributed by atoms with van der Waals surface area (Å²) in [6.45, 7) is 16.8. The van der Waals surface area contributed by atoms with Crippen molar-refractivity contribution in [2.75, 3.05) is 28.6 Å². The van der Waals surface area contributed by atoms with Crippen molar-refractivity contribution < 1.29 is 48.1 Å². The van der Waals surface area contributed by atoms with E-state index < -0.39 is 44.7 Å². The molecule has 2 amide bonds. The molecular formula is C35H45B3Cl3N3O10. The van der Waals surface area contributed by atoms with E-state index >= 15 is 0 Å². The van der Waals surface area contributed by atoms with Gasteiger partial charge in [0.2, 0.25) is 0 Å². The molecule has 5 N–H and O–H groups in total. The van der Waals surface area contributed by atoms with Crippen LogP contribution in [0.5, 0.6) is 0 Å². The van der Waals surface area contributed by atoms with Gasteiger partial charge in [-0.1, -0.05) is 53.0 Å². The molecular weight excluding hydrogens is 761 g/mol. The Morgan fingerprint density at radius 3 is 1.57 bits per heavy atom. The lowest BCUT2D eigenvalue weighted by molar-refractivity contribution is 0.0580. The van der Waals surface area contributed by atoms with Crippen molar-refractivity contribution in [3.8, 4) is 0 Å². The van der Waals surface area contributed by atoms with Crippen molar-refractivity contribution in [2.45, 2.75) is 86.4 Å². The first-order valence-electron chi connectivity index (χ1n) is 17.3. The maximum absolute atomic E-state index is 12.3. The Morgan fingerprint density at radius 1 is 0.704 bits per heavy atom. The third-order valence-electron chi connectivity index (χ3n) is 7.94. The molecule has 0 spiro atoms. The van der Waals surface area contributed by atoms with Gasteiger partial charge < -0.3 is 43.8 Å². The first-order valence-corrected chi connectivity index (χ1v) is 18.5. The molecule has 3 aromatic rings. The molecule has 0 unspecified atom stereocenters. The molecule has 3 heterocycles. The summed E-state index contributed by atoms with van der Waals surface area (Å²) in [5.41, 5.74) is 4.89. The molecule has 19 heteroatoms. The number of fused-ring (bicyclic) bond motifs is 3. The number of carbonyl (C=O) groups is 2. The first-order chi connectivity index (χ1) is 25.3. The minimum atomic E-state index is -1.05. The van der Waals surface area contributed by atoms with Crippen LogP contribution in [0.15, 0.2) is 36.4 Å². The van der Waals surface area contributed by atoms with Gasteiger partial charge in [0.1, 0.15) is 11.2 Å². The maximum Gasteiger partial charge on any atom is 0.493 e. The highest BCUT2D eigenvalue weighted by molar-refractivity contribution is 6.67. The maximum atomic E-state index is 12.3. The van der Waals surface area contributed by atoms with Gasteiger partial charge >= 0.3 is 33.5 Å². The Morgan fingerprint density at radius 2 is 1.13 bits per heavy atom. The van der Waals surface area contributed by atoms with E-state index in [1.54, 1.807) is 65.8 Å². The summed E-state index contributed by atoms with van der Waals surface area (Å²) in [6, 6.07) is 10.8. The predicted octanol–water partition coefficient (Wildman–Crippen LogP) is 5.21. The van der Waals surface area contributed by atoms with Crippen LogP contribution in [0.1, 0.15) is 72.1 Å². The fraction of sp³-hybridized carbons (Fsp3) is 0.429. The van der Waals surface area contributed by atoms with Crippen molar-refractivity contribution in [2.24, 2.45) is 0 Å². The van der Waals surface area contributed by atoms with E-state index in [4.69, 9.17) is 58.2 Å². The summed E-state index contributed by atoms with van der Waals surface area (Å²) in [6.07, 6.45) is -1.07. The zero-order chi connectivity index (χ0) is 40.1. The third-order valence-corrected chi connectivity index (χ3v) is 9.16. The summed E-state index contributed by atoms with van der Waals surface area (Å²) in [4.78, 5) is 25.4. The van der Waals surface area contributed by atoms with Gasteiger partial charge in [-0.2, -0.15) is 0 Å². The molecule has 0 radical (unpaired) electrons. The van der Waals surface area contributed by atoms with Crippen molar-refractivity contribution in [1.82, 2.24) is 0 Å². The number of carbonyl (C=O) groups excluding carboxylic acids is 2. The number of hydrogen-bond acceptors (Lipinski definition) is 11. The van der Waals surface area contributed by atoms with Crippen LogP contribution in [0.3, 0.4) is 0 Å². The van der Waals surface area contributed by atoms with E-state index in [1.807, 2.05) is 26.0 Å². The summed E-state index contributed by atoms with van der Waals surface area (Å²) in [5, 5.41) is 35.8. The zero-order valence-corrected chi connectivity index (χ0v) is 33.8. The van der Waals surface area contributed by atoms with Gasteiger partial charge in [-0.15, -0.1) is 0 Å². The number of anilines is 3. The van der Waals surface area contributed by atoms with Crippen LogP contribution in [0.2, 0.25) is 15.1 Å². The van der Waals surface area contributed by atoms with E-state index in [1.165, 1.54) is 4.90 Å². The number of nitrogens with one attached hydrogen (secondary N) is 2. The lowest BCUT2D eigenvalue weighted by Gasteiger charge is -2.27. The van der Waals surface area contributed by atoms with Gasteiger partial charge in [0.25, 0.3) is 0 Å². The number of hydrogen-bond donors (Lipinski definition) is 5. The molecule has 54 heavy (non-hydrogen) atoms. The smallest absolute Gasteiger partial charge is 0.444 e. The number of rotatable bonds is 5. The van der Waals surface area contributed by atoms with Crippen molar-refractivity contribution in [3.05, 3.63) is 68.2 Å². The van der Waals surface area contributed by atoms with Crippen LogP contribution in [0, 0.1) is 0 Å². The van der Waals surface area contributed by atoms with E-state index in [-0.39, 0.29) is 5.02 Å². The second-order valence-electron chi connectivity index (χ2n) is 14.3. The Hall–Kier alpha value is -3.18. The molecule has 0 bridgehead atoms. The fourth-order valence-corrected chi connectivity index (χ4v) is 6.63. The quantitative estimate of drug-likeness (QED) is 0.215. The Kier molecular flexibility index (Phi) is 14.7. The standard InChI is InChI=1S/C14H19BClNO4.C12H15BClNO4.C9H11BClNO2/c1-5-17(13(18)21-14(2,3)4)10-7-6-9-8-20-15(19)11(9)12(10)16;1-12(2,3)19-11(16)15-8-5-4-7-6-18-13(17)9(7)10(8)14;1-2-12-7-4-3-6-5-14-10(13)8(6)9(7)11/h6-7,19H,5,8H2,1-4H3;4-5,17H,6H2,1-3H3,(H,15,16);3-4,12-13H,2,5H2,1H3. The average molecular weight is 807 g/mol. The van der Waals surface area contributed by atoms with Gasteiger partial charge in [-0.25, -0.2) is 9.59 Å². The zero-order valence-electron chi connectivity index (χ0n) is 31.5. The van der Waals surface area contributed by atoms with E-state index in [9.17, 15) is 24.7 Å². The molecule has 0 saturated carbocycles. The summed E-state index contributed by atoms with van der Waals surface area (Å²) >= 11 is 18.6. The molecule has 13 nitrogen and oxygen atoms in total. The van der Waals surface area contributed by atoms with Crippen LogP contribution in [-0.4, -0.2) is 72.9 Å². The number of halogens is 3. The van der Waals surface area contributed by atoms with Crippen LogP contribution in [0.25, 0.3) is 0 Å². The van der Waals surface area contributed by atoms with Crippen LogP contribution >= 0.6 is 34.8 Å². The molecule has 6 rings (SSSR count). The lowest BCUT2D eigenvalue weighted by atomic mass is 9.79. The minimum absolute atomic E-state index is 0.272. The van der Waals surface area contributed by atoms with Crippen molar-refractivity contribution >= 4 is 102 Å². The number of amides is 2. The molecule has 0 fully saturated rings. The lowest BCUT2D eigenvalue weighted by Crippen LogP contribution is -2.38. The third kappa shape index (κ3) is 10.8. The Labute approximate surface area is 331 Å². The number of benzene rings is 3. The molecule has 0 aliphatic carbocycles. The molecule has 3 aliphatic heterocycles. The molecule has 3 aliphatic rings. The molecule has 3 aromatic carbocycles. The van der Waals surface area contributed by atoms with Crippen LogP contribution in [0.4, 0.5) is 26.7 Å². The number of nitrogens with zero attached hydrogens (tertiary/aromatic N) is 1. The molecule has 0 aromatic heterocycles. The second-order valence-corrected chi connectivity index (χ2v) is 15.5. The predicted molar refractivity (Wildman–Crippen MR) is 215 cm³/mol. The van der Waals surface area contributed by atoms with Gasteiger partial charge in [-0.05, 0) is 90.3 Å². The van der Waals surface area contributed by atoms with Gasteiger partial charge in [0.05, 0.1) is 52.0 Å². The Balaban J connectivity index is 0.000000184. The van der Waals surface area contributed by atoms with Crippen LogP contribution in [-0.2, 0) is 43.3 Å². The van der Waals surface area contributed by atoms with Gasteiger partial charge in [0, 0.05) is 29.5 Å². The van der Waals surface area contributed by atoms with Crippen LogP contribution < -0.4 is 31.9 Å². The molecule has 290 valence electrons. The minimum Gasteiger partial charge on any atom is -0.444 e. The van der Waals surface area contributed by atoms with E-state index in [2.05, 4.69) is 10.6 Å². The average Bonchev–Trinajstić information content (AvgIpc) is 3.77. The van der Waals surface area contributed by atoms with Gasteiger partial charge in [0.15, 0.2) is 0 Å². The van der Waals surface area contributed by atoms with Gasteiger partial charge in [-0.3, -0.25) is 10.2 Å². The Bertz CT molecular complexity index is 1840. The normalized spacial score (nSPS) is 14.2. The highest BCUT2D eigenvalue weighted by Gasteiger charge is 2.35. The highest BCUT2D eigenvalue weighted by atomic mass is 35.5. The summed E-state index contributed by atoms with van der Waals surface area (Å²) in [7, 11) is -2.98. The fourth-order valence-electron chi connectivity index (χ4n) is 5.58. The second kappa shape index (κ2) is 18.2. The van der Waals surface area contributed by atoms with E-state index in [0.29, 0.717) is 64.2 Å². The van der Waals surface area contributed by atoms with Crippen molar-refractivity contribution in [1.29, 1.82) is 0 Å². The van der Waals surface area contributed by atoms with E-state index in [0.717, 1.165) is 28.9 Å². The molecule has 0 atom stereocenters. The first kappa shape index (κ1) is 43.6. The van der Waals surface area contributed by atoms with Crippen molar-refractivity contribution in [3.63, 3.8) is 0 Å². The largest absolute Gasteiger partial charge is 0.493 e. The topological polar surface area (TPSA) is 168 Å².